The first kappa shape index (κ1) is 35.6. The Labute approximate surface area is 367 Å². The summed E-state index contributed by atoms with van der Waals surface area (Å²) in [5, 5.41) is 1.09. The van der Waals surface area contributed by atoms with E-state index >= 15 is 0 Å². The third-order valence-corrected chi connectivity index (χ3v) is 13.5. The third kappa shape index (κ3) is 5.02. The van der Waals surface area contributed by atoms with E-state index in [4.69, 9.17) is 4.98 Å². The third-order valence-electron chi connectivity index (χ3n) is 13.5. The highest BCUT2D eigenvalue weighted by molar-refractivity contribution is 6.99. The fourth-order valence-electron chi connectivity index (χ4n) is 11.1. The summed E-state index contributed by atoms with van der Waals surface area (Å²) >= 11 is 0. The summed E-state index contributed by atoms with van der Waals surface area (Å²) in [4.78, 5) is 12.7. The molecule has 0 unspecified atom stereocenters. The van der Waals surface area contributed by atoms with Crippen LogP contribution in [-0.4, -0.2) is 11.7 Å². The van der Waals surface area contributed by atoms with Gasteiger partial charge in [-0.15, -0.1) is 0 Å². The lowest BCUT2D eigenvalue weighted by Crippen LogP contribution is -2.65. The number of nitrogens with zero attached hydrogens (tertiary/aromatic N) is 4. The average molecular weight is 803 g/mol. The molecule has 0 fully saturated rings. The van der Waals surface area contributed by atoms with Gasteiger partial charge in [-0.25, -0.2) is 0 Å². The molecule has 0 radical (unpaired) electrons. The van der Waals surface area contributed by atoms with Crippen molar-refractivity contribution < 1.29 is 0 Å². The summed E-state index contributed by atoms with van der Waals surface area (Å²) in [6.45, 7) is -0.0596. The quantitative estimate of drug-likeness (QED) is 0.162. The molecule has 13 rings (SSSR count). The molecule has 0 saturated carbocycles. The lowest BCUT2D eigenvalue weighted by molar-refractivity contribution is 0.750. The minimum absolute atomic E-state index is 0.0596. The minimum Gasteiger partial charge on any atom is -0.309 e. The van der Waals surface area contributed by atoms with E-state index in [0.29, 0.717) is 0 Å². The number of aromatic nitrogens is 1. The van der Waals surface area contributed by atoms with E-state index in [1.807, 2.05) is 12.3 Å². The number of benzene rings is 9. The van der Waals surface area contributed by atoms with Crippen molar-refractivity contribution in [2.24, 2.45) is 0 Å². The summed E-state index contributed by atoms with van der Waals surface area (Å²) in [6, 6.07) is 84.8. The van der Waals surface area contributed by atoms with Gasteiger partial charge in [-0.3, -0.25) is 4.98 Å². The highest BCUT2D eigenvalue weighted by Gasteiger charge is 2.53. The second-order valence-corrected chi connectivity index (χ2v) is 16.6. The molecule has 0 aliphatic carbocycles. The molecular weight excluding hydrogens is 763 g/mol. The Kier molecular flexibility index (Phi) is 7.88. The number of para-hydroxylation sites is 6. The van der Waals surface area contributed by atoms with Crippen molar-refractivity contribution in [3.8, 4) is 0 Å². The van der Waals surface area contributed by atoms with Crippen LogP contribution in [0.4, 0.5) is 51.2 Å². The standard InChI is InChI=1S/C58H39BN4/c1-5-23-41(24-6-1)58(42-25-7-2-8-26-42)45-31-13-14-32-47(45)59-48-33-15-16-34-49(48)61(43-27-9-3-10-28-43)57-54(59)46(58)39-53-56(57)62(44-29-11-4-12-30-44)50-35-17-18-36-51(50)63(53)52-37-19-21-40-22-20-38-60-55(40)52/h1-39H. The van der Waals surface area contributed by atoms with Gasteiger partial charge in [0.15, 0.2) is 0 Å². The fourth-order valence-corrected chi connectivity index (χ4v) is 11.1. The Bertz CT molecular complexity index is 3330. The van der Waals surface area contributed by atoms with Gasteiger partial charge in [0.25, 0.3) is 0 Å². The fraction of sp³-hybridized carbons (Fsp3) is 0.0172. The molecule has 0 atom stereocenters. The molecule has 63 heavy (non-hydrogen) atoms. The van der Waals surface area contributed by atoms with E-state index in [9.17, 15) is 0 Å². The molecule has 4 heterocycles. The zero-order valence-electron chi connectivity index (χ0n) is 34.4. The van der Waals surface area contributed by atoms with Crippen LogP contribution in [-0.2, 0) is 5.41 Å². The van der Waals surface area contributed by atoms with Crippen LogP contribution in [0.15, 0.2) is 237 Å². The van der Waals surface area contributed by atoms with E-state index in [1.54, 1.807) is 0 Å². The number of rotatable bonds is 5. The number of pyridine rings is 1. The van der Waals surface area contributed by atoms with Crippen LogP contribution in [0.2, 0.25) is 0 Å². The van der Waals surface area contributed by atoms with E-state index in [2.05, 4.69) is 239 Å². The Morgan fingerprint density at radius 3 is 1.54 bits per heavy atom. The molecule has 1 aromatic heterocycles. The normalized spacial score (nSPS) is 14.0. The maximum Gasteiger partial charge on any atom is 0.247 e. The van der Waals surface area contributed by atoms with E-state index in [1.165, 1.54) is 50.0 Å². The smallest absolute Gasteiger partial charge is 0.247 e. The van der Waals surface area contributed by atoms with Gasteiger partial charge in [0.05, 0.1) is 45.1 Å². The molecule has 5 heteroatoms. The largest absolute Gasteiger partial charge is 0.309 e. The lowest BCUT2D eigenvalue weighted by atomic mass is 9.29. The van der Waals surface area contributed by atoms with Crippen molar-refractivity contribution in [3.63, 3.8) is 0 Å². The van der Waals surface area contributed by atoms with Gasteiger partial charge in [-0.1, -0.05) is 175 Å². The molecule has 0 bridgehead atoms. The number of fused-ring (bicyclic) bond motifs is 8. The molecule has 9 aromatic carbocycles. The molecule has 3 aliphatic heterocycles. The van der Waals surface area contributed by atoms with Crippen LogP contribution in [0, 0.1) is 0 Å². The summed E-state index contributed by atoms with van der Waals surface area (Å²) in [5.74, 6) is 0. The molecule has 0 amide bonds. The van der Waals surface area contributed by atoms with Gasteiger partial charge in [0.2, 0.25) is 6.71 Å². The highest BCUT2D eigenvalue weighted by atomic mass is 15.3. The van der Waals surface area contributed by atoms with Crippen molar-refractivity contribution in [2.75, 3.05) is 14.7 Å². The van der Waals surface area contributed by atoms with Crippen molar-refractivity contribution in [2.45, 2.75) is 5.41 Å². The Morgan fingerprint density at radius 2 is 0.873 bits per heavy atom. The molecule has 294 valence electrons. The number of hydrogen-bond donors (Lipinski definition) is 0. The molecular formula is C58H39BN4. The first-order valence-corrected chi connectivity index (χ1v) is 21.8. The topological polar surface area (TPSA) is 22.6 Å². The predicted molar refractivity (Wildman–Crippen MR) is 262 cm³/mol. The average Bonchev–Trinajstić information content (AvgIpc) is 3.36. The van der Waals surface area contributed by atoms with Gasteiger partial charge in [0.1, 0.15) is 0 Å². The van der Waals surface area contributed by atoms with Gasteiger partial charge in [0, 0.05) is 28.6 Å². The van der Waals surface area contributed by atoms with Crippen LogP contribution in [0.25, 0.3) is 10.9 Å². The van der Waals surface area contributed by atoms with E-state index < -0.39 is 5.41 Å². The molecule has 10 aromatic rings. The van der Waals surface area contributed by atoms with Crippen molar-refractivity contribution in [3.05, 3.63) is 259 Å². The van der Waals surface area contributed by atoms with E-state index in [-0.39, 0.29) is 6.71 Å². The van der Waals surface area contributed by atoms with Crippen LogP contribution in [0.3, 0.4) is 0 Å². The van der Waals surface area contributed by atoms with Crippen molar-refractivity contribution >= 4 is 85.2 Å². The van der Waals surface area contributed by atoms with Crippen LogP contribution >= 0.6 is 0 Å². The Hall–Kier alpha value is -8.15. The Morgan fingerprint density at radius 1 is 0.365 bits per heavy atom. The number of hydrogen-bond acceptors (Lipinski definition) is 4. The van der Waals surface area contributed by atoms with Crippen LogP contribution < -0.4 is 31.1 Å². The SMILES string of the molecule is c1ccc(N2c3ccccc3N(c3cccc4cccnc34)c3cc4c5c(c32)N(c2ccccc2)c2ccccc2B5c2ccccc2C4(c2ccccc2)c2ccccc2)cc1. The summed E-state index contributed by atoms with van der Waals surface area (Å²) in [7, 11) is 0. The minimum atomic E-state index is -0.694. The maximum absolute atomic E-state index is 5.11. The molecule has 0 spiro atoms. The van der Waals surface area contributed by atoms with Crippen LogP contribution in [0.1, 0.15) is 22.3 Å². The first-order chi connectivity index (χ1) is 31.3. The number of anilines is 9. The Balaban J connectivity index is 1.30. The zero-order valence-corrected chi connectivity index (χ0v) is 34.4. The van der Waals surface area contributed by atoms with Gasteiger partial charge < -0.3 is 14.7 Å². The molecule has 3 aliphatic rings. The van der Waals surface area contributed by atoms with Crippen molar-refractivity contribution in [1.82, 2.24) is 4.98 Å². The zero-order chi connectivity index (χ0) is 41.5. The maximum atomic E-state index is 5.11. The van der Waals surface area contributed by atoms with Gasteiger partial charge in [-0.2, -0.15) is 0 Å². The second-order valence-electron chi connectivity index (χ2n) is 16.6. The second kappa shape index (κ2) is 13.9. The highest BCUT2D eigenvalue weighted by Crippen LogP contribution is 2.62. The first-order valence-electron chi connectivity index (χ1n) is 21.8. The summed E-state index contributed by atoms with van der Waals surface area (Å²) in [5.41, 5.74) is 19.1. The molecule has 4 nitrogen and oxygen atoms in total. The lowest BCUT2D eigenvalue weighted by Gasteiger charge is -2.51. The molecule has 0 saturated heterocycles. The summed E-state index contributed by atoms with van der Waals surface area (Å²) < 4.78 is 0. The summed E-state index contributed by atoms with van der Waals surface area (Å²) in [6.07, 6.45) is 1.92. The van der Waals surface area contributed by atoms with E-state index in [0.717, 1.165) is 50.7 Å². The monoisotopic (exact) mass is 802 g/mol. The predicted octanol–water partition coefficient (Wildman–Crippen LogP) is 12.5. The van der Waals surface area contributed by atoms with Gasteiger partial charge >= 0.3 is 0 Å². The van der Waals surface area contributed by atoms with Crippen molar-refractivity contribution in [1.29, 1.82) is 0 Å². The molecule has 0 N–H and O–H groups in total. The van der Waals surface area contributed by atoms with Crippen LogP contribution in [0.5, 0.6) is 0 Å². The van der Waals surface area contributed by atoms with Gasteiger partial charge in [-0.05, 0) is 93.8 Å².